The van der Waals surface area contributed by atoms with Crippen LogP contribution in [0.25, 0.3) is 17.0 Å². The molecule has 10 heteroatoms. The molecule has 28 heavy (non-hydrogen) atoms. The third-order valence-corrected chi connectivity index (χ3v) is 5.98. The van der Waals surface area contributed by atoms with Crippen molar-refractivity contribution in [2.45, 2.75) is 13.8 Å². The van der Waals surface area contributed by atoms with E-state index in [2.05, 4.69) is 37.4 Å². The number of halogens is 3. The van der Waals surface area contributed by atoms with Crippen LogP contribution >= 0.6 is 28.4 Å². The van der Waals surface area contributed by atoms with Crippen molar-refractivity contribution < 1.29 is 13.6 Å². The van der Waals surface area contributed by atoms with Crippen LogP contribution in [0.3, 0.4) is 0 Å². The van der Waals surface area contributed by atoms with E-state index in [1.807, 2.05) is 6.07 Å². The smallest absolute Gasteiger partial charge is 0.284 e. The third-order valence-electron chi connectivity index (χ3n) is 4.11. The molecule has 0 aliphatic carbocycles. The number of hydrogen-bond donors (Lipinski definition) is 1. The summed E-state index contributed by atoms with van der Waals surface area (Å²) in [7, 11) is 0. The van der Waals surface area contributed by atoms with Crippen molar-refractivity contribution in [1.29, 1.82) is 5.26 Å². The number of aryl methyl sites for hydroxylation is 1. The van der Waals surface area contributed by atoms with Crippen LogP contribution in [0.1, 0.15) is 22.5 Å². The SMILES string of the molecule is Cc1ncc(F)c(C)c1NC(=O)/C(F)=C/c1ccc2c(C#N)nn(PI)c2c1. The fourth-order valence-corrected chi connectivity index (χ4v) is 4.16. The predicted molar refractivity (Wildman–Crippen MR) is 114 cm³/mol. The van der Waals surface area contributed by atoms with E-state index in [4.69, 9.17) is 5.26 Å². The van der Waals surface area contributed by atoms with Crippen molar-refractivity contribution in [3.05, 3.63) is 58.6 Å². The molecule has 0 radical (unpaired) electrons. The van der Waals surface area contributed by atoms with Gasteiger partial charge in [0, 0.05) is 10.9 Å². The third kappa shape index (κ3) is 3.88. The summed E-state index contributed by atoms with van der Waals surface area (Å²) < 4.78 is 29.7. The molecular formula is C18H13F2IN5OP. The first-order valence-corrected chi connectivity index (χ1v) is 12.0. The zero-order chi connectivity index (χ0) is 20.4. The number of hydrogen-bond acceptors (Lipinski definition) is 4. The minimum Gasteiger partial charge on any atom is -0.318 e. The lowest BCUT2D eigenvalue weighted by atomic mass is 10.1. The summed E-state index contributed by atoms with van der Waals surface area (Å²) in [5.41, 5.74) is 2.12. The normalized spacial score (nSPS) is 11.9. The lowest BCUT2D eigenvalue weighted by Crippen LogP contribution is -2.15. The molecule has 0 saturated carbocycles. The highest BCUT2D eigenvalue weighted by Crippen LogP contribution is 2.31. The molecule has 142 valence electrons. The Morgan fingerprint density at radius 3 is 2.86 bits per heavy atom. The standard InChI is InChI=1S/C18H13F2IN5OP/c1-9-14(20)8-23-10(2)17(9)24-18(27)13(19)5-11-3-4-12-15(7-22)25-26(28-21)16(12)6-11/h3-6,8,28H,1-2H3,(H,24,27)/b13-5-. The summed E-state index contributed by atoms with van der Waals surface area (Å²) in [6.45, 7) is 3.07. The monoisotopic (exact) mass is 511 g/mol. The van der Waals surface area contributed by atoms with Gasteiger partial charge in [0.05, 0.1) is 29.5 Å². The van der Waals surface area contributed by atoms with E-state index < -0.39 is 17.6 Å². The Morgan fingerprint density at radius 2 is 2.18 bits per heavy atom. The maximum Gasteiger partial charge on any atom is 0.284 e. The fraction of sp³-hybridized carbons (Fsp3) is 0.111. The highest BCUT2D eigenvalue weighted by atomic mass is 127. The van der Waals surface area contributed by atoms with Crippen molar-refractivity contribution in [1.82, 2.24) is 14.5 Å². The molecule has 1 amide bonds. The van der Waals surface area contributed by atoms with Gasteiger partial charge in [0.2, 0.25) is 0 Å². The fourth-order valence-electron chi connectivity index (χ4n) is 2.64. The number of nitriles is 1. The van der Waals surface area contributed by atoms with Crippen molar-refractivity contribution >= 4 is 57.0 Å². The summed E-state index contributed by atoms with van der Waals surface area (Å²) in [6.07, 6.45) is 2.39. The molecule has 2 aromatic heterocycles. The first kappa shape index (κ1) is 20.3. The van der Waals surface area contributed by atoms with Crippen LogP contribution in [0.4, 0.5) is 14.5 Å². The number of nitrogens with zero attached hydrogens (tertiary/aromatic N) is 4. The summed E-state index contributed by atoms with van der Waals surface area (Å²) in [5.74, 6) is -2.62. The summed E-state index contributed by atoms with van der Waals surface area (Å²) >= 11 is 2.13. The van der Waals surface area contributed by atoms with Crippen LogP contribution in [0.2, 0.25) is 0 Å². The van der Waals surface area contributed by atoms with Crippen LogP contribution in [-0.4, -0.2) is 20.4 Å². The zero-order valence-electron chi connectivity index (χ0n) is 14.7. The molecular weight excluding hydrogens is 498 g/mol. The van der Waals surface area contributed by atoms with E-state index >= 15 is 0 Å². The van der Waals surface area contributed by atoms with Gasteiger partial charge in [-0.15, -0.1) is 0 Å². The van der Waals surface area contributed by atoms with E-state index in [-0.39, 0.29) is 23.3 Å². The number of benzene rings is 1. The van der Waals surface area contributed by atoms with Gasteiger partial charge < -0.3 is 5.32 Å². The molecule has 0 saturated heterocycles. The quantitative estimate of drug-likeness (QED) is 0.310. The Labute approximate surface area is 174 Å². The summed E-state index contributed by atoms with van der Waals surface area (Å²) in [6, 6.07) is 6.94. The van der Waals surface area contributed by atoms with Gasteiger partial charge in [0.25, 0.3) is 5.91 Å². The Bertz CT molecular complexity index is 1170. The second-order valence-corrected chi connectivity index (χ2v) is 7.91. The lowest BCUT2D eigenvalue weighted by Gasteiger charge is -2.10. The van der Waals surface area contributed by atoms with Crippen molar-refractivity contribution in [3.63, 3.8) is 0 Å². The molecule has 2 heterocycles. The van der Waals surface area contributed by atoms with Gasteiger partial charge in [-0.05, 0) is 59.7 Å². The van der Waals surface area contributed by atoms with Gasteiger partial charge in [-0.3, -0.25) is 9.78 Å². The molecule has 0 aliphatic heterocycles. The summed E-state index contributed by atoms with van der Waals surface area (Å²) in [4.78, 5) is 16.0. The molecule has 0 fully saturated rings. The van der Waals surface area contributed by atoms with Crippen LogP contribution < -0.4 is 5.32 Å². The van der Waals surface area contributed by atoms with Crippen LogP contribution in [-0.2, 0) is 4.79 Å². The second-order valence-electron chi connectivity index (χ2n) is 5.87. The minimum absolute atomic E-state index is 0.145. The van der Waals surface area contributed by atoms with Crippen molar-refractivity contribution in [2.75, 3.05) is 5.32 Å². The second kappa shape index (κ2) is 8.29. The number of fused-ring (bicyclic) bond motifs is 1. The molecule has 1 aromatic carbocycles. The van der Waals surface area contributed by atoms with Gasteiger partial charge in [0.15, 0.2) is 11.5 Å². The van der Waals surface area contributed by atoms with Gasteiger partial charge in [0.1, 0.15) is 11.9 Å². The highest BCUT2D eigenvalue weighted by Gasteiger charge is 2.16. The number of anilines is 1. The molecule has 1 N–H and O–H groups in total. The molecule has 0 bridgehead atoms. The number of pyridine rings is 1. The van der Waals surface area contributed by atoms with Gasteiger partial charge >= 0.3 is 0 Å². The van der Waals surface area contributed by atoms with E-state index in [0.29, 0.717) is 22.2 Å². The Kier molecular flexibility index (Phi) is 6.01. The van der Waals surface area contributed by atoms with E-state index in [1.165, 1.54) is 6.92 Å². The zero-order valence-corrected chi connectivity index (χ0v) is 17.9. The Morgan fingerprint density at radius 1 is 1.43 bits per heavy atom. The van der Waals surface area contributed by atoms with Gasteiger partial charge in [-0.1, -0.05) is 6.07 Å². The molecule has 3 rings (SSSR count). The average molecular weight is 511 g/mol. The largest absolute Gasteiger partial charge is 0.318 e. The minimum atomic E-state index is -1.04. The maximum absolute atomic E-state index is 14.4. The summed E-state index contributed by atoms with van der Waals surface area (Å²) in [5, 5.41) is 16.4. The lowest BCUT2D eigenvalue weighted by molar-refractivity contribution is -0.114. The van der Waals surface area contributed by atoms with Crippen LogP contribution in [0.15, 0.2) is 30.2 Å². The number of amides is 1. The number of nitrogens with one attached hydrogen (secondary N) is 1. The topological polar surface area (TPSA) is 83.6 Å². The van der Waals surface area contributed by atoms with Crippen LogP contribution in [0.5, 0.6) is 0 Å². The molecule has 6 nitrogen and oxygen atoms in total. The first-order chi connectivity index (χ1) is 13.3. The van der Waals surface area contributed by atoms with Crippen molar-refractivity contribution in [2.24, 2.45) is 0 Å². The van der Waals surface area contributed by atoms with E-state index in [9.17, 15) is 13.6 Å². The predicted octanol–water partition coefficient (Wildman–Crippen LogP) is 4.80. The maximum atomic E-state index is 14.4. The number of rotatable bonds is 4. The molecule has 0 aliphatic rings. The first-order valence-electron chi connectivity index (χ1n) is 7.95. The molecule has 1 unspecified atom stereocenters. The van der Waals surface area contributed by atoms with Gasteiger partial charge in [-0.25, -0.2) is 13.2 Å². The number of carbonyl (C=O) groups is 1. The van der Waals surface area contributed by atoms with Crippen molar-refractivity contribution in [3.8, 4) is 6.07 Å². The number of aromatic nitrogens is 3. The highest BCUT2D eigenvalue weighted by molar-refractivity contribution is 14.2. The van der Waals surface area contributed by atoms with E-state index in [0.717, 1.165) is 12.3 Å². The molecule has 1 atom stereocenters. The Hall–Kier alpha value is -2.44. The number of carbonyl (C=O) groups excluding carboxylic acids is 1. The van der Waals surface area contributed by atoms with Crippen LogP contribution in [0, 0.1) is 31.0 Å². The molecule has 0 spiro atoms. The van der Waals surface area contributed by atoms with Gasteiger partial charge in [-0.2, -0.15) is 10.4 Å². The van der Waals surface area contributed by atoms with E-state index in [1.54, 1.807) is 29.6 Å². The average Bonchev–Trinajstić information content (AvgIpc) is 3.05. The Balaban J connectivity index is 1.92. The molecule has 3 aromatic rings.